The van der Waals surface area contributed by atoms with Crippen LogP contribution in [0, 0.1) is 0 Å². The van der Waals surface area contributed by atoms with Crippen molar-refractivity contribution in [1.29, 1.82) is 0 Å². The molecule has 3 aliphatic rings. The van der Waals surface area contributed by atoms with Crippen LogP contribution in [0.25, 0.3) is 5.57 Å². The molecule has 1 N–H and O–H groups in total. The van der Waals surface area contributed by atoms with Crippen molar-refractivity contribution in [2.75, 3.05) is 104 Å². The van der Waals surface area contributed by atoms with Gasteiger partial charge in [0.2, 0.25) is 17.6 Å². The Bertz CT molecular complexity index is 1200. The monoisotopic (exact) mass is 554 g/mol. The second kappa shape index (κ2) is 12.6. The molecule has 0 spiro atoms. The standard InChI is InChI=1S/C27H38N8O5/c1-32-9-11-35(12-10-32)27(36)34-7-5-19(6-8-34)24-29-25(31-26(30-24)33-13-15-40-16-14-33)28-20-17-21(37-2)23(39-4)22(18-20)38-3/h5,17-18H,6-16H2,1-4H3,(H,28,29,30,31). The summed E-state index contributed by atoms with van der Waals surface area (Å²) in [6.07, 6.45) is 2.72. The molecule has 4 heterocycles. The van der Waals surface area contributed by atoms with Gasteiger partial charge in [-0.15, -0.1) is 0 Å². The normalized spacial score (nSPS) is 18.3. The Morgan fingerprint density at radius 3 is 2.17 bits per heavy atom. The summed E-state index contributed by atoms with van der Waals surface area (Å²) in [5.74, 6) is 3.12. The van der Waals surface area contributed by atoms with Crippen LogP contribution in [0.1, 0.15) is 12.2 Å². The highest BCUT2D eigenvalue weighted by Crippen LogP contribution is 2.40. The Morgan fingerprint density at radius 1 is 0.875 bits per heavy atom. The van der Waals surface area contributed by atoms with Crippen LogP contribution >= 0.6 is 0 Å². The third kappa shape index (κ3) is 6.15. The number of aromatic nitrogens is 3. The summed E-state index contributed by atoms with van der Waals surface area (Å²) in [4.78, 5) is 35.6. The smallest absolute Gasteiger partial charge is 0.320 e. The zero-order valence-corrected chi connectivity index (χ0v) is 23.7. The Labute approximate surface area is 234 Å². The number of nitrogens with zero attached hydrogens (tertiary/aromatic N) is 7. The number of likely N-dealkylation sites (N-methyl/N-ethyl adjacent to an activating group) is 1. The van der Waals surface area contributed by atoms with Crippen LogP contribution in [0.4, 0.5) is 22.4 Å². The second-order valence-corrected chi connectivity index (χ2v) is 9.92. The van der Waals surface area contributed by atoms with Gasteiger partial charge in [0.1, 0.15) is 0 Å². The van der Waals surface area contributed by atoms with Crippen molar-refractivity contribution in [2.24, 2.45) is 0 Å². The molecule has 2 amide bonds. The molecule has 13 nitrogen and oxygen atoms in total. The van der Waals surface area contributed by atoms with Gasteiger partial charge in [-0.1, -0.05) is 6.08 Å². The fourth-order valence-corrected chi connectivity index (χ4v) is 5.00. The molecule has 3 aliphatic heterocycles. The molecule has 1 aromatic carbocycles. The van der Waals surface area contributed by atoms with E-state index in [0.29, 0.717) is 86.5 Å². The van der Waals surface area contributed by atoms with Crippen molar-refractivity contribution in [2.45, 2.75) is 6.42 Å². The number of piperazine rings is 1. The molecular weight excluding hydrogens is 516 g/mol. The maximum Gasteiger partial charge on any atom is 0.320 e. The minimum absolute atomic E-state index is 0.0952. The highest BCUT2D eigenvalue weighted by atomic mass is 16.5. The first kappa shape index (κ1) is 27.7. The van der Waals surface area contributed by atoms with E-state index in [1.54, 1.807) is 33.5 Å². The number of hydrogen-bond acceptors (Lipinski definition) is 11. The van der Waals surface area contributed by atoms with E-state index in [-0.39, 0.29) is 6.03 Å². The van der Waals surface area contributed by atoms with Crippen LogP contribution in [0.5, 0.6) is 17.2 Å². The topological polar surface area (TPSA) is 118 Å². The zero-order chi connectivity index (χ0) is 28.1. The number of carbonyl (C=O) groups is 1. The van der Waals surface area contributed by atoms with Crippen molar-refractivity contribution < 1.29 is 23.7 Å². The molecule has 216 valence electrons. The molecule has 1 aromatic heterocycles. The third-order valence-electron chi connectivity index (χ3n) is 7.38. The van der Waals surface area contributed by atoms with Crippen molar-refractivity contribution in [3.05, 3.63) is 24.0 Å². The van der Waals surface area contributed by atoms with Crippen molar-refractivity contribution in [3.8, 4) is 17.2 Å². The molecule has 40 heavy (non-hydrogen) atoms. The van der Waals surface area contributed by atoms with E-state index in [9.17, 15) is 4.79 Å². The van der Waals surface area contributed by atoms with Crippen LogP contribution in [0.3, 0.4) is 0 Å². The molecule has 2 fully saturated rings. The van der Waals surface area contributed by atoms with E-state index in [4.69, 9.17) is 33.9 Å². The van der Waals surface area contributed by atoms with Gasteiger partial charge in [0.25, 0.3) is 0 Å². The van der Waals surface area contributed by atoms with Crippen LogP contribution < -0.4 is 24.4 Å². The fraction of sp³-hybridized carbons (Fsp3) is 0.556. The number of amides is 2. The number of rotatable bonds is 7. The number of methoxy groups -OCH3 is 3. The Morgan fingerprint density at radius 2 is 1.57 bits per heavy atom. The molecule has 0 saturated carbocycles. The van der Waals surface area contributed by atoms with Crippen LogP contribution in [0.2, 0.25) is 0 Å². The average molecular weight is 555 g/mol. The molecular formula is C27H38N8O5. The number of urea groups is 1. The first-order valence-electron chi connectivity index (χ1n) is 13.6. The Kier molecular flexibility index (Phi) is 8.70. The number of morpholine rings is 1. The van der Waals surface area contributed by atoms with Crippen LogP contribution in [0.15, 0.2) is 18.2 Å². The molecule has 0 atom stereocenters. The van der Waals surface area contributed by atoms with Gasteiger partial charge in [0.05, 0.1) is 34.5 Å². The molecule has 2 saturated heterocycles. The van der Waals surface area contributed by atoms with Gasteiger partial charge in [0, 0.05) is 70.2 Å². The van der Waals surface area contributed by atoms with Gasteiger partial charge in [0.15, 0.2) is 17.3 Å². The predicted molar refractivity (Wildman–Crippen MR) is 151 cm³/mol. The number of carbonyl (C=O) groups excluding carboxylic acids is 1. The van der Waals surface area contributed by atoms with Gasteiger partial charge in [-0.3, -0.25) is 0 Å². The summed E-state index contributed by atoms with van der Waals surface area (Å²) < 4.78 is 22.0. The number of benzene rings is 1. The molecule has 5 rings (SSSR count). The minimum atomic E-state index is 0.0952. The number of hydrogen-bond donors (Lipinski definition) is 1. The summed E-state index contributed by atoms with van der Waals surface area (Å²) in [5.41, 5.74) is 1.67. The number of anilines is 3. The first-order chi connectivity index (χ1) is 19.5. The molecule has 0 aliphatic carbocycles. The van der Waals surface area contributed by atoms with Crippen molar-refractivity contribution in [3.63, 3.8) is 0 Å². The number of ether oxygens (including phenoxy) is 4. The van der Waals surface area contributed by atoms with Gasteiger partial charge in [-0.25, -0.2) is 4.79 Å². The zero-order valence-electron chi connectivity index (χ0n) is 23.7. The Balaban J connectivity index is 1.40. The van der Waals surface area contributed by atoms with E-state index >= 15 is 0 Å². The molecule has 0 bridgehead atoms. The van der Waals surface area contributed by atoms with Gasteiger partial charge in [-0.2, -0.15) is 15.0 Å². The van der Waals surface area contributed by atoms with Gasteiger partial charge >= 0.3 is 6.03 Å². The molecule has 0 unspecified atom stereocenters. The molecule has 2 aromatic rings. The lowest BCUT2D eigenvalue weighted by Crippen LogP contribution is -2.52. The lowest BCUT2D eigenvalue weighted by Gasteiger charge is -2.37. The van der Waals surface area contributed by atoms with Crippen LogP contribution in [-0.2, 0) is 4.74 Å². The summed E-state index contributed by atoms with van der Waals surface area (Å²) in [7, 11) is 6.80. The molecule has 0 radical (unpaired) electrons. The lowest BCUT2D eigenvalue weighted by atomic mass is 10.1. The number of nitrogens with one attached hydrogen (secondary N) is 1. The molecule has 13 heteroatoms. The quantitative estimate of drug-likeness (QED) is 0.541. The average Bonchev–Trinajstić information content (AvgIpc) is 3.01. The van der Waals surface area contributed by atoms with E-state index in [0.717, 1.165) is 31.8 Å². The van der Waals surface area contributed by atoms with Gasteiger partial charge < -0.3 is 43.9 Å². The van der Waals surface area contributed by atoms with Crippen molar-refractivity contribution >= 4 is 29.2 Å². The minimum Gasteiger partial charge on any atom is -0.493 e. The largest absolute Gasteiger partial charge is 0.493 e. The second-order valence-electron chi connectivity index (χ2n) is 9.92. The van der Waals surface area contributed by atoms with E-state index < -0.39 is 0 Å². The van der Waals surface area contributed by atoms with E-state index in [1.165, 1.54) is 0 Å². The SMILES string of the molecule is COc1cc(Nc2nc(C3=CCN(C(=O)N4CCN(C)CC4)CC3)nc(N3CCOCC3)n2)cc(OC)c1OC. The predicted octanol–water partition coefficient (Wildman–Crippen LogP) is 1.93. The third-order valence-corrected chi connectivity index (χ3v) is 7.38. The highest BCUT2D eigenvalue weighted by molar-refractivity contribution is 5.76. The van der Waals surface area contributed by atoms with Crippen molar-refractivity contribution in [1.82, 2.24) is 29.7 Å². The van der Waals surface area contributed by atoms with Crippen LogP contribution in [-0.4, -0.2) is 130 Å². The van der Waals surface area contributed by atoms with E-state index in [2.05, 4.69) is 28.2 Å². The summed E-state index contributed by atoms with van der Waals surface area (Å²) >= 11 is 0. The first-order valence-corrected chi connectivity index (χ1v) is 13.6. The summed E-state index contributed by atoms with van der Waals surface area (Å²) in [6.45, 7) is 7.07. The summed E-state index contributed by atoms with van der Waals surface area (Å²) in [5, 5.41) is 3.30. The lowest BCUT2D eigenvalue weighted by molar-refractivity contribution is 0.122. The Hall–Kier alpha value is -3.84. The fourth-order valence-electron chi connectivity index (χ4n) is 5.00. The van der Waals surface area contributed by atoms with Gasteiger partial charge in [-0.05, 0) is 19.0 Å². The maximum atomic E-state index is 13.1. The maximum absolute atomic E-state index is 13.1. The summed E-state index contributed by atoms with van der Waals surface area (Å²) in [6, 6.07) is 3.71. The highest BCUT2D eigenvalue weighted by Gasteiger charge is 2.27. The van der Waals surface area contributed by atoms with E-state index in [1.807, 2.05) is 9.80 Å².